The van der Waals surface area contributed by atoms with E-state index in [0.717, 1.165) is 17.5 Å². The van der Waals surface area contributed by atoms with Gasteiger partial charge < -0.3 is 10.4 Å². The molecular weight excluding hydrogens is 266 g/mol. The normalized spacial score (nSPS) is 12.7. The number of rotatable bonds is 3. The number of nitrogens with one attached hydrogen (secondary N) is 1. The first-order valence-corrected chi connectivity index (χ1v) is 6.46. The molecule has 1 atom stereocenters. The van der Waals surface area contributed by atoms with Crippen LogP contribution < -0.4 is 5.32 Å². The summed E-state index contributed by atoms with van der Waals surface area (Å²) in [5.41, 5.74) is 2.00. The highest BCUT2D eigenvalue weighted by Crippen LogP contribution is 2.32. The molecule has 0 bridgehead atoms. The van der Waals surface area contributed by atoms with Gasteiger partial charge in [-0.15, -0.1) is 0 Å². The first kappa shape index (κ1) is 13.8. The molecule has 19 heavy (non-hydrogen) atoms. The molecule has 1 aromatic carbocycles. The predicted molar refractivity (Wildman–Crippen MR) is 75.4 cm³/mol. The Hall–Kier alpha value is -1.59. The molecule has 0 radical (unpaired) electrons. The number of carbonyl (C=O) groups is 1. The fourth-order valence-corrected chi connectivity index (χ4v) is 2.29. The Morgan fingerprint density at radius 3 is 2.84 bits per heavy atom. The number of halogens is 1. The van der Waals surface area contributed by atoms with E-state index in [-0.39, 0.29) is 0 Å². The van der Waals surface area contributed by atoms with Crippen LogP contribution in [0.1, 0.15) is 19.4 Å². The fraction of sp³-hybridized carbons (Fsp3) is 0.385. The topological polar surface area (TPSA) is 67.2 Å². The number of carbonyl (C=O) groups excluding carboxylic acids is 1. The number of nitrogens with zero attached hydrogens (tertiary/aromatic N) is 2. The lowest BCUT2D eigenvalue weighted by Gasteiger charge is -2.06. The van der Waals surface area contributed by atoms with Gasteiger partial charge in [0.2, 0.25) is 0 Å². The molecule has 102 valence electrons. The lowest BCUT2D eigenvalue weighted by atomic mass is 10.1. The van der Waals surface area contributed by atoms with Crippen molar-refractivity contribution in [3.05, 3.63) is 22.7 Å². The molecule has 1 heterocycles. The summed E-state index contributed by atoms with van der Waals surface area (Å²) in [5, 5.41) is 17.3. The van der Waals surface area contributed by atoms with Crippen molar-refractivity contribution in [2.24, 2.45) is 7.05 Å². The van der Waals surface area contributed by atoms with Crippen molar-refractivity contribution in [2.75, 3.05) is 5.32 Å². The number of anilines is 1. The van der Waals surface area contributed by atoms with Crippen molar-refractivity contribution in [2.45, 2.75) is 26.4 Å². The molecule has 5 nitrogen and oxygen atoms in total. The van der Waals surface area contributed by atoms with Gasteiger partial charge in [0.15, 0.2) is 5.82 Å². The summed E-state index contributed by atoms with van der Waals surface area (Å²) in [5.74, 6) is -0.123. The van der Waals surface area contributed by atoms with E-state index in [1.807, 2.05) is 13.0 Å². The van der Waals surface area contributed by atoms with Gasteiger partial charge in [-0.25, -0.2) is 0 Å². The summed E-state index contributed by atoms with van der Waals surface area (Å²) in [6.07, 6.45) is -0.248. The van der Waals surface area contributed by atoms with Crippen LogP contribution in [0.2, 0.25) is 5.02 Å². The predicted octanol–water partition coefficient (Wildman–Crippen LogP) is 2.11. The van der Waals surface area contributed by atoms with Crippen molar-refractivity contribution in [3.8, 4) is 0 Å². The zero-order valence-corrected chi connectivity index (χ0v) is 11.8. The molecule has 0 unspecified atom stereocenters. The molecule has 0 saturated heterocycles. The van der Waals surface area contributed by atoms with Gasteiger partial charge in [0.1, 0.15) is 6.10 Å². The fourth-order valence-electron chi connectivity index (χ4n) is 2.05. The minimum absolute atomic E-state index is 0.378. The molecule has 2 aromatic rings. The van der Waals surface area contributed by atoms with Gasteiger partial charge in [-0.3, -0.25) is 9.48 Å². The maximum Gasteiger partial charge on any atom is 0.254 e. The van der Waals surface area contributed by atoms with E-state index in [9.17, 15) is 9.90 Å². The van der Waals surface area contributed by atoms with E-state index in [1.54, 1.807) is 17.8 Å². The summed E-state index contributed by atoms with van der Waals surface area (Å²) < 4.78 is 1.69. The number of amides is 1. The number of benzene rings is 1. The summed E-state index contributed by atoms with van der Waals surface area (Å²) in [4.78, 5) is 11.6. The Kier molecular flexibility index (Phi) is 3.78. The van der Waals surface area contributed by atoms with Crippen molar-refractivity contribution < 1.29 is 9.90 Å². The maximum atomic E-state index is 11.6. The second-order valence-corrected chi connectivity index (χ2v) is 4.83. The van der Waals surface area contributed by atoms with Crippen LogP contribution in [-0.2, 0) is 18.3 Å². The lowest BCUT2D eigenvalue weighted by Crippen LogP contribution is -2.24. The van der Waals surface area contributed by atoms with Gasteiger partial charge in [-0.05, 0) is 25.0 Å². The first-order valence-electron chi connectivity index (χ1n) is 6.08. The van der Waals surface area contributed by atoms with Crippen LogP contribution in [0.3, 0.4) is 0 Å². The van der Waals surface area contributed by atoms with E-state index in [0.29, 0.717) is 16.2 Å². The van der Waals surface area contributed by atoms with E-state index in [1.165, 1.54) is 6.92 Å². The van der Waals surface area contributed by atoms with Crippen molar-refractivity contribution in [1.29, 1.82) is 0 Å². The molecule has 1 amide bonds. The largest absolute Gasteiger partial charge is 0.384 e. The van der Waals surface area contributed by atoms with Gasteiger partial charge >= 0.3 is 0 Å². The highest BCUT2D eigenvalue weighted by atomic mass is 35.5. The molecule has 1 aromatic heterocycles. The first-order chi connectivity index (χ1) is 8.95. The third-order valence-electron chi connectivity index (χ3n) is 3.02. The molecule has 0 aliphatic carbocycles. The van der Waals surface area contributed by atoms with E-state index >= 15 is 0 Å². The highest BCUT2D eigenvalue weighted by Gasteiger charge is 2.18. The lowest BCUT2D eigenvalue weighted by molar-refractivity contribution is -0.123. The average Bonchev–Trinajstić information content (AvgIpc) is 2.68. The quantitative estimate of drug-likeness (QED) is 0.905. The maximum absolute atomic E-state index is 11.6. The van der Waals surface area contributed by atoms with Crippen molar-refractivity contribution in [3.63, 3.8) is 0 Å². The van der Waals surface area contributed by atoms with Crippen LogP contribution in [-0.4, -0.2) is 26.9 Å². The number of hydrogen-bond donors (Lipinski definition) is 2. The molecule has 6 heteroatoms. The summed E-state index contributed by atoms with van der Waals surface area (Å²) in [7, 11) is 1.80. The monoisotopic (exact) mass is 281 g/mol. The summed E-state index contributed by atoms with van der Waals surface area (Å²) in [6, 6.07) is 3.75. The van der Waals surface area contributed by atoms with Gasteiger partial charge in [-0.1, -0.05) is 24.6 Å². The number of aromatic nitrogens is 2. The molecule has 0 aliphatic rings. The molecular formula is C13H16ClN3O2. The molecule has 0 aliphatic heterocycles. The molecule has 0 saturated carbocycles. The minimum atomic E-state index is -1.09. The number of aryl methyl sites for hydroxylation is 2. The number of hydrogen-bond acceptors (Lipinski definition) is 3. The van der Waals surface area contributed by atoms with Crippen LogP contribution in [0.4, 0.5) is 5.82 Å². The van der Waals surface area contributed by atoms with Crippen molar-refractivity contribution >= 4 is 34.2 Å². The second kappa shape index (κ2) is 5.19. The highest BCUT2D eigenvalue weighted by molar-refractivity contribution is 6.36. The van der Waals surface area contributed by atoms with Gasteiger partial charge in [0.25, 0.3) is 5.91 Å². The van der Waals surface area contributed by atoms with Crippen LogP contribution >= 0.6 is 11.6 Å². The second-order valence-electron chi connectivity index (χ2n) is 4.42. The zero-order chi connectivity index (χ0) is 14.2. The molecule has 2 N–H and O–H groups in total. The Balaban J connectivity index is 2.61. The number of aliphatic hydroxyl groups excluding tert-OH is 1. The van der Waals surface area contributed by atoms with Crippen LogP contribution in [0, 0.1) is 0 Å². The smallest absolute Gasteiger partial charge is 0.254 e. The van der Waals surface area contributed by atoms with Gasteiger partial charge in [0.05, 0.1) is 15.9 Å². The Labute approximate surface area is 116 Å². The van der Waals surface area contributed by atoms with E-state index < -0.39 is 12.0 Å². The summed E-state index contributed by atoms with van der Waals surface area (Å²) >= 11 is 6.20. The third-order valence-corrected chi connectivity index (χ3v) is 3.34. The van der Waals surface area contributed by atoms with Crippen LogP contribution in [0.15, 0.2) is 12.1 Å². The van der Waals surface area contributed by atoms with Crippen LogP contribution in [0.25, 0.3) is 10.9 Å². The van der Waals surface area contributed by atoms with E-state index in [4.69, 9.17) is 11.6 Å². The zero-order valence-electron chi connectivity index (χ0n) is 11.1. The van der Waals surface area contributed by atoms with Gasteiger partial charge in [0, 0.05) is 7.05 Å². The SMILES string of the molecule is CCc1ccc(Cl)c2c(NC(=O)[C@@H](C)O)nn(C)c12. The average molecular weight is 282 g/mol. The molecule has 0 spiro atoms. The molecule has 2 rings (SSSR count). The molecule has 0 fully saturated rings. The summed E-state index contributed by atoms with van der Waals surface area (Å²) in [6.45, 7) is 3.45. The van der Waals surface area contributed by atoms with Crippen LogP contribution in [0.5, 0.6) is 0 Å². The van der Waals surface area contributed by atoms with Crippen molar-refractivity contribution in [1.82, 2.24) is 9.78 Å². The number of aliphatic hydroxyl groups is 1. The Morgan fingerprint density at radius 1 is 1.58 bits per heavy atom. The standard InChI is InChI=1S/C13H16ClN3O2/c1-4-8-5-6-9(14)10-11(8)17(3)16-12(10)15-13(19)7(2)18/h5-7,18H,4H2,1-3H3,(H,15,16,19)/t7-/m1/s1. The Bertz CT molecular complexity index is 634. The van der Waals surface area contributed by atoms with E-state index in [2.05, 4.69) is 10.4 Å². The minimum Gasteiger partial charge on any atom is -0.384 e. The number of fused-ring (bicyclic) bond motifs is 1. The van der Waals surface area contributed by atoms with Gasteiger partial charge in [-0.2, -0.15) is 5.10 Å². The third kappa shape index (κ3) is 2.43. The Morgan fingerprint density at radius 2 is 2.26 bits per heavy atom.